The monoisotopic (exact) mass is 997 g/mol. The standard InChI is InChI=1S/C66H108O6/c1-4-7-10-13-16-19-22-25-28-29-30-31-32-33-34-35-36-37-39-41-44-47-50-53-56-59-65(68)71-62-63(61-70-64(67)58-55-52-49-46-43-40-27-24-21-18-15-12-9-6-3)72-66(69)60-57-54-51-48-45-42-38-26-23-20-17-14-11-8-5-2/h7-8,10-11,16-17,19-20,24-28,30-31,33-34,38,45,48,63H,4-6,9,12-15,18,21-23,29,32,35-37,39-44,46-47,49-62H2,1-3H3/b10-7-,11-8-,19-16-,20-17-,27-24-,28-25-,31-30-,34-33-,38-26-,48-45-. The largest absolute Gasteiger partial charge is 0.462 e. The first-order chi connectivity index (χ1) is 35.5. The van der Waals surface area contributed by atoms with Gasteiger partial charge in [0, 0.05) is 19.3 Å². The number of allylic oxidation sites excluding steroid dienone is 20. The SMILES string of the molecule is CC/C=C\C/C=C\C/C=C\C/C=C\C/C=C\CCCCCCCCCCCC(=O)OCC(COC(=O)CCCCCCC/C=C\CCCCCCC)OC(=O)CCCC/C=C\C/C=C\C/C=C\C/C=C\CC. The maximum atomic E-state index is 12.8. The average molecular weight is 998 g/mol. The molecule has 0 aromatic heterocycles. The molecule has 0 aliphatic heterocycles. The third-order valence-corrected chi connectivity index (χ3v) is 12.2. The predicted octanol–water partition coefficient (Wildman–Crippen LogP) is 20.0. The van der Waals surface area contributed by atoms with Gasteiger partial charge in [-0.2, -0.15) is 0 Å². The van der Waals surface area contributed by atoms with Crippen LogP contribution in [-0.2, 0) is 28.6 Å². The molecule has 0 bridgehead atoms. The van der Waals surface area contributed by atoms with E-state index in [0.29, 0.717) is 19.3 Å². The molecule has 0 aromatic rings. The molecule has 0 rings (SSSR count). The smallest absolute Gasteiger partial charge is 0.306 e. The summed E-state index contributed by atoms with van der Waals surface area (Å²) in [5.41, 5.74) is 0. The van der Waals surface area contributed by atoms with Gasteiger partial charge in [0.2, 0.25) is 0 Å². The second-order valence-electron chi connectivity index (χ2n) is 19.1. The van der Waals surface area contributed by atoms with Crippen molar-refractivity contribution in [3.8, 4) is 0 Å². The van der Waals surface area contributed by atoms with E-state index in [-0.39, 0.29) is 37.5 Å². The Morgan fingerprint density at radius 3 is 0.889 bits per heavy atom. The summed E-state index contributed by atoms with van der Waals surface area (Å²) in [7, 11) is 0. The number of rotatable bonds is 52. The molecule has 0 N–H and O–H groups in total. The molecule has 0 aromatic carbocycles. The van der Waals surface area contributed by atoms with Gasteiger partial charge in [-0.05, 0) is 128 Å². The Morgan fingerprint density at radius 1 is 0.292 bits per heavy atom. The van der Waals surface area contributed by atoms with E-state index in [1.807, 2.05) is 0 Å². The van der Waals surface area contributed by atoms with Crippen LogP contribution in [0.1, 0.15) is 258 Å². The lowest BCUT2D eigenvalue weighted by atomic mass is 10.1. The van der Waals surface area contributed by atoms with Crippen molar-refractivity contribution in [3.63, 3.8) is 0 Å². The van der Waals surface area contributed by atoms with Gasteiger partial charge in [0.05, 0.1) is 0 Å². The van der Waals surface area contributed by atoms with Crippen LogP contribution >= 0.6 is 0 Å². The van der Waals surface area contributed by atoms with E-state index in [9.17, 15) is 14.4 Å². The minimum absolute atomic E-state index is 0.103. The fourth-order valence-corrected chi connectivity index (χ4v) is 7.81. The molecular weight excluding hydrogens is 889 g/mol. The molecule has 0 aliphatic carbocycles. The Morgan fingerprint density at radius 2 is 0.542 bits per heavy atom. The molecule has 6 heteroatoms. The van der Waals surface area contributed by atoms with Crippen molar-refractivity contribution in [2.75, 3.05) is 13.2 Å². The normalized spacial score (nSPS) is 13.0. The van der Waals surface area contributed by atoms with Gasteiger partial charge in [0.25, 0.3) is 0 Å². The lowest BCUT2D eigenvalue weighted by molar-refractivity contribution is -0.167. The summed E-state index contributed by atoms with van der Waals surface area (Å²) in [5.74, 6) is -0.960. The summed E-state index contributed by atoms with van der Waals surface area (Å²) in [6, 6.07) is 0. The van der Waals surface area contributed by atoms with E-state index in [1.165, 1.54) is 83.5 Å². The third kappa shape index (κ3) is 56.7. The molecular formula is C66H108O6. The lowest BCUT2D eigenvalue weighted by Gasteiger charge is -2.18. The van der Waals surface area contributed by atoms with Crippen LogP contribution in [0.4, 0.5) is 0 Å². The second kappa shape index (κ2) is 59.4. The average Bonchev–Trinajstić information content (AvgIpc) is 3.38. The van der Waals surface area contributed by atoms with Gasteiger partial charge in [-0.3, -0.25) is 14.4 Å². The first kappa shape index (κ1) is 67.8. The van der Waals surface area contributed by atoms with Gasteiger partial charge < -0.3 is 14.2 Å². The minimum atomic E-state index is -0.809. The van der Waals surface area contributed by atoms with E-state index in [2.05, 4.69) is 142 Å². The first-order valence-electron chi connectivity index (χ1n) is 29.5. The van der Waals surface area contributed by atoms with Crippen molar-refractivity contribution >= 4 is 17.9 Å². The lowest BCUT2D eigenvalue weighted by Crippen LogP contribution is -2.30. The summed E-state index contributed by atoms with van der Waals surface area (Å²) in [5, 5.41) is 0. The van der Waals surface area contributed by atoms with Crippen molar-refractivity contribution in [3.05, 3.63) is 122 Å². The minimum Gasteiger partial charge on any atom is -0.462 e. The van der Waals surface area contributed by atoms with Crippen molar-refractivity contribution in [1.29, 1.82) is 0 Å². The number of hydrogen-bond acceptors (Lipinski definition) is 6. The molecule has 0 aliphatic rings. The Bertz CT molecular complexity index is 1520. The zero-order chi connectivity index (χ0) is 52.2. The summed E-state index contributed by atoms with van der Waals surface area (Å²) < 4.78 is 16.8. The van der Waals surface area contributed by atoms with Gasteiger partial charge in [0.1, 0.15) is 13.2 Å². The molecule has 408 valence electrons. The van der Waals surface area contributed by atoms with E-state index in [1.54, 1.807) is 0 Å². The van der Waals surface area contributed by atoms with Crippen LogP contribution < -0.4 is 0 Å². The van der Waals surface area contributed by atoms with Crippen molar-refractivity contribution < 1.29 is 28.6 Å². The van der Waals surface area contributed by atoms with Gasteiger partial charge in [0.15, 0.2) is 6.10 Å². The topological polar surface area (TPSA) is 78.9 Å². The highest BCUT2D eigenvalue weighted by Gasteiger charge is 2.19. The zero-order valence-electron chi connectivity index (χ0n) is 46.7. The second-order valence-corrected chi connectivity index (χ2v) is 19.1. The van der Waals surface area contributed by atoms with Crippen LogP contribution in [-0.4, -0.2) is 37.2 Å². The van der Waals surface area contributed by atoms with Crippen LogP contribution in [0, 0.1) is 0 Å². The van der Waals surface area contributed by atoms with E-state index < -0.39 is 6.10 Å². The Hall–Kier alpha value is -4.19. The molecule has 0 fully saturated rings. The number of hydrogen-bond donors (Lipinski definition) is 0. The maximum absolute atomic E-state index is 12.8. The Labute approximate surface area is 443 Å². The van der Waals surface area contributed by atoms with Gasteiger partial charge in [-0.25, -0.2) is 0 Å². The number of unbranched alkanes of at least 4 members (excludes halogenated alkanes) is 21. The summed E-state index contributed by atoms with van der Waals surface area (Å²) >= 11 is 0. The van der Waals surface area contributed by atoms with Crippen LogP contribution in [0.3, 0.4) is 0 Å². The van der Waals surface area contributed by atoms with Crippen LogP contribution in [0.2, 0.25) is 0 Å². The molecule has 0 saturated carbocycles. The third-order valence-electron chi connectivity index (χ3n) is 12.2. The molecule has 1 atom stereocenters. The number of carbonyl (C=O) groups is 3. The van der Waals surface area contributed by atoms with Crippen molar-refractivity contribution in [1.82, 2.24) is 0 Å². The molecule has 0 radical (unpaired) electrons. The van der Waals surface area contributed by atoms with Gasteiger partial charge >= 0.3 is 17.9 Å². The van der Waals surface area contributed by atoms with E-state index >= 15 is 0 Å². The quantitative estimate of drug-likeness (QED) is 0.0261. The highest BCUT2D eigenvalue weighted by molar-refractivity contribution is 5.71. The Kier molecular flexibility index (Phi) is 55.9. The first-order valence-corrected chi connectivity index (χ1v) is 29.5. The molecule has 0 spiro atoms. The van der Waals surface area contributed by atoms with Gasteiger partial charge in [-0.1, -0.05) is 232 Å². The summed E-state index contributed by atoms with van der Waals surface area (Å²) in [4.78, 5) is 38.2. The molecule has 72 heavy (non-hydrogen) atoms. The number of esters is 3. The summed E-state index contributed by atoms with van der Waals surface area (Å²) in [6.07, 6.45) is 81.9. The molecule has 1 unspecified atom stereocenters. The fraction of sp³-hybridized carbons (Fsp3) is 0.652. The van der Waals surface area contributed by atoms with Crippen molar-refractivity contribution in [2.45, 2.75) is 264 Å². The molecule has 0 saturated heterocycles. The zero-order valence-corrected chi connectivity index (χ0v) is 46.7. The molecule has 6 nitrogen and oxygen atoms in total. The highest BCUT2D eigenvalue weighted by atomic mass is 16.6. The van der Waals surface area contributed by atoms with Crippen LogP contribution in [0.25, 0.3) is 0 Å². The highest BCUT2D eigenvalue weighted by Crippen LogP contribution is 2.14. The fourth-order valence-electron chi connectivity index (χ4n) is 7.81. The summed E-state index contributed by atoms with van der Waals surface area (Å²) in [6.45, 7) is 6.35. The molecule has 0 amide bonds. The number of ether oxygens (including phenoxy) is 3. The molecule has 0 heterocycles. The Balaban J connectivity index is 4.40. The van der Waals surface area contributed by atoms with Crippen molar-refractivity contribution in [2.24, 2.45) is 0 Å². The maximum Gasteiger partial charge on any atom is 0.306 e. The van der Waals surface area contributed by atoms with E-state index in [4.69, 9.17) is 14.2 Å². The predicted molar refractivity (Wildman–Crippen MR) is 311 cm³/mol. The van der Waals surface area contributed by atoms with Crippen LogP contribution in [0.15, 0.2) is 122 Å². The van der Waals surface area contributed by atoms with Crippen LogP contribution in [0.5, 0.6) is 0 Å². The van der Waals surface area contributed by atoms with E-state index in [0.717, 1.165) is 128 Å². The van der Waals surface area contributed by atoms with Gasteiger partial charge in [-0.15, -0.1) is 0 Å². The number of carbonyl (C=O) groups excluding carboxylic acids is 3.